The number of carbonyl (C=O) groups is 3. The van der Waals surface area contributed by atoms with Crippen LogP contribution in [0.25, 0.3) is 22.2 Å². The van der Waals surface area contributed by atoms with Crippen molar-refractivity contribution in [1.82, 2.24) is 18.9 Å². The number of fused-ring (bicyclic) bond motifs is 1. The first-order chi connectivity index (χ1) is 22.2. The quantitative estimate of drug-likeness (QED) is 0.204. The second-order valence-electron chi connectivity index (χ2n) is 15.6. The number of hydrogen-bond acceptors (Lipinski definition) is 8. The molecule has 0 spiro atoms. The van der Waals surface area contributed by atoms with Gasteiger partial charge in [-0.15, -0.1) is 0 Å². The summed E-state index contributed by atoms with van der Waals surface area (Å²) in [6, 6.07) is 9.60. The molecule has 1 aromatic carbocycles. The van der Waals surface area contributed by atoms with Gasteiger partial charge < -0.3 is 24.2 Å². The number of ether oxygens (including phenoxy) is 3. The Kier molecular flexibility index (Phi) is 11.0. The summed E-state index contributed by atoms with van der Waals surface area (Å²) in [6.07, 6.45) is 0.268. The fraction of sp³-hybridized carbons (Fsp3) is 0.543. The minimum absolute atomic E-state index is 0.0468. The summed E-state index contributed by atoms with van der Waals surface area (Å²) >= 11 is 0. The summed E-state index contributed by atoms with van der Waals surface area (Å²) in [4.78, 5) is 56.1. The van der Waals surface area contributed by atoms with Gasteiger partial charge in [-0.3, -0.25) is 14.3 Å². The van der Waals surface area contributed by atoms with Crippen LogP contribution in [-0.2, 0) is 27.5 Å². The topological polar surface area (TPSA) is 133 Å². The first-order valence-corrected chi connectivity index (χ1v) is 20.1. The third kappa shape index (κ3) is 9.80. The van der Waals surface area contributed by atoms with Gasteiger partial charge in [0.2, 0.25) is 0 Å². The van der Waals surface area contributed by atoms with Crippen LogP contribution in [0.2, 0.25) is 25.7 Å². The summed E-state index contributed by atoms with van der Waals surface area (Å²) in [6.45, 7) is 20.9. The highest BCUT2D eigenvalue weighted by Gasteiger charge is 2.28. The Balaban J connectivity index is 1.68. The van der Waals surface area contributed by atoms with Gasteiger partial charge in [-0.25, -0.2) is 19.0 Å². The van der Waals surface area contributed by atoms with Crippen LogP contribution in [-0.4, -0.2) is 94.3 Å². The lowest BCUT2D eigenvalue weighted by Crippen LogP contribution is -2.49. The maximum atomic E-state index is 13.8. The Hall–Kier alpha value is -3.94. The van der Waals surface area contributed by atoms with E-state index in [0.29, 0.717) is 50.2 Å². The molecule has 13 heteroatoms. The van der Waals surface area contributed by atoms with Crippen LogP contribution in [0.5, 0.6) is 0 Å². The van der Waals surface area contributed by atoms with E-state index in [1.165, 1.54) is 21.4 Å². The van der Waals surface area contributed by atoms with Crippen molar-refractivity contribution in [3.63, 3.8) is 0 Å². The maximum Gasteiger partial charge on any atom is 0.419 e. The van der Waals surface area contributed by atoms with Crippen molar-refractivity contribution in [2.24, 2.45) is 0 Å². The Morgan fingerprint density at radius 3 is 2.08 bits per heavy atom. The molecule has 4 rings (SSSR count). The summed E-state index contributed by atoms with van der Waals surface area (Å²) in [5.41, 5.74) is -0.184. The minimum atomic E-state index is -1.38. The van der Waals surface area contributed by atoms with Gasteiger partial charge in [0.1, 0.15) is 17.9 Å². The molecule has 0 saturated carbocycles. The molecule has 262 valence electrons. The molecule has 3 aromatic rings. The number of carboxylic acid groups (broad SMARTS) is 1. The predicted molar refractivity (Wildman–Crippen MR) is 187 cm³/mol. The van der Waals surface area contributed by atoms with E-state index in [0.717, 1.165) is 11.6 Å². The number of nitrogens with zero attached hydrogens (tertiary/aromatic N) is 4. The molecule has 0 radical (unpaired) electrons. The molecule has 1 amide bonds. The van der Waals surface area contributed by atoms with Gasteiger partial charge in [0.15, 0.2) is 0 Å². The second kappa shape index (κ2) is 14.3. The standard InChI is InChI=1S/C35H50N4O8Si/c1-34(2,3)46-32(43)37-14-12-36(13-15-37)21-24-10-11-28-25(18-24)20-29(39(28)33(44)47-35(4,5)6)27-19-26(31(41)42)22-38(30(27)40)23-45-16-17-48(7,8)9/h10-11,18-20,22H,12-17,21,23H2,1-9H3,(H,41,42). The molecule has 1 fully saturated rings. The molecule has 1 aliphatic rings. The van der Waals surface area contributed by atoms with E-state index in [4.69, 9.17) is 14.2 Å². The molecule has 0 unspecified atom stereocenters. The number of rotatable bonds is 9. The Labute approximate surface area is 283 Å². The third-order valence-corrected chi connectivity index (χ3v) is 9.41. The third-order valence-electron chi connectivity index (χ3n) is 7.71. The summed E-state index contributed by atoms with van der Waals surface area (Å²) < 4.78 is 19.6. The van der Waals surface area contributed by atoms with Crippen molar-refractivity contribution in [2.75, 3.05) is 32.8 Å². The van der Waals surface area contributed by atoms with E-state index in [1.54, 1.807) is 31.7 Å². The van der Waals surface area contributed by atoms with Gasteiger partial charge in [-0.05, 0) is 77.4 Å². The van der Waals surface area contributed by atoms with Gasteiger partial charge in [-0.1, -0.05) is 25.7 Å². The van der Waals surface area contributed by atoms with Crippen LogP contribution in [0.3, 0.4) is 0 Å². The zero-order valence-electron chi connectivity index (χ0n) is 29.7. The number of carboxylic acids is 1. The lowest BCUT2D eigenvalue weighted by Gasteiger charge is -2.35. The van der Waals surface area contributed by atoms with Gasteiger partial charge in [0, 0.05) is 59.0 Å². The maximum absolute atomic E-state index is 13.8. The monoisotopic (exact) mass is 682 g/mol. The molecule has 3 heterocycles. The fourth-order valence-corrected chi connectivity index (χ4v) is 6.07. The van der Waals surface area contributed by atoms with Gasteiger partial charge in [-0.2, -0.15) is 0 Å². The van der Waals surface area contributed by atoms with Crippen LogP contribution >= 0.6 is 0 Å². The molecule has 0 bridgehead atoms. The Morgan fingerprint density at radius 2 is 1.50 bits per heavy atom. The number of aromatic nitrogens is 2. The largest absolute Gasteiger partial charge is 0.478 e. The Morgan fingerprint density at radius 1 is 0.875 bits per heavy atom. The summed E-state index contributed by atoms with van der Waals surface area (Å²) in [5.74, 6) is -1.21. The van der Waals surface area contributed by atoms with E-state index < -0.39 is 36.9 Å². The van der Waals surface area contributed by atoms with Crippen molar-refractivity contribution in [3.05, 3.63) is 58.0 Å². The summed E-state index contributed by atoms with van der Waals surface area (Å²) in [7, 11) is -1.38. The molecule has 1 N–H and O–H groups in total. The molecule has 1 saturated heterocycles. The van der Waals surface area contributed by atoms with E-state index in [9.17, 15) is 24.3 Å². The van der Waals surface area contributed by atoms with Gasteiger partial charge in [0.25, 0.3) is 5.56 Å². The van der Waals surface area contributed by atoms with E-state index in [1.807, 2.05) is 39.0 Å². The first-order valence-electron chi connectivity index (χ1n) is 16.3. The second-order valence-corrected chi connectivity index (χ2v) is 21.2. The van der Waals surface area contributed by atoms with Gasteiger partial charge >= 0.3 is 18.2 Å². The zero-order chi connectivity index (χ0) is 35.6. The SMILES string of the molecule is CC(C)(C)OC(=O)N1CCN(Cc2ccc3c(c2)cc(-c2cc(C(=O)O)cn(COCC[Si](C)(C)C)c2=O)n3C(=O)OC(C)(C)C)CC1. The number of hydrogen-bond donors (Lipinski definition) is 1. The van der Waals surface area contributed by atoms with Crippen molar-refractivity contribution >= 4 is 37.1 Å². The number of pyridine rings is 1. The predicted octanol–water partition coefficient (Wildman–Crippen LogP) is 6.32. The molecule has 2 aromatic heterocycles. The van der Waals surface area contributed by atoms with Crippen molar-refractivity contribution < 1.29 is 33.7 Å². The van der Waals surface area contributed by atoms with Crippen molar-refractivity contribution in [1.29, 1.82) is 0 Å². The first kappa shape index (κ1) is 36.9. The van der Waals surface area contributed by atoms with Gasteiger partial charge in [0.05, 0.1) is 22.3 Å². The average Bonchev–Trinajstić information content (AvgIpc) is 3.32. The lowest BCUT2D eigenvalue weighted by atomic mass is 10.1. The molecule has 1 aliphatic heterocycles. The molecule has 0 aliphatic carbocycles. The Bertz CT molecular complexity index is 1720. The molecular weight excluding hydrogens is 632 g/mol. The normalized spacial score (nSPS) is 14.7. The van der Waals surface area contributed by atoms with E-state index >= 15 is 0 Å². The van der Waals surface area contributed by atoms with E-state index in [2.05, 4.69) is 24.5 Å². The van der Waals surface area contributed by atoms with E-state index in [-0.39, 0.29) is 29.6 Å². The number of piperazine rings is 1. The van der Waals surface area contributed by atoms with Crippen LogP contribution in [0.15, 0.2) is 41.3 Å². The molecular formula is C35H50N4O8Si. The highest BCUT2D eigenvalue weighted by molar-refractivity contribution is 6.76. The molecule has 0 atom stereocenters. The van der Waals surface area contributed by atoms with Crippen molar-refractivity contribution in [3.8, 4) is 11.3 Å². The molecule has 48 heavy (non-hydrogen) atoms. The average molecular weight is 683 g/mol. The lowest BCUT2D eigenvalue weighted by molar-refractivity contribution is 0.0138. The molecule has 12 nitrogen and oxygen atoms in total. The zero-order valence-corrected chi connectivity index (χ0v) is 30.7. The fourth-order valence-electron chi connectivity index (χ4n) is 5.31. The van der Waals surface area contributed by atoms with Crippen LogP contribution in [0.4, 0.5) is 9.59 Å². The van der Waals surface area contributed by atoms with Crippen LogP contribution in [0, 0.1) is 0 Å². The number of carbonyl (C=O) groups excluding carboxylic acids is 2. The highest BCUT2D eigenvalue weighted by Crippen LogP contribution is 2.30. The minimum Gasteiger partial charge on any atom is -0.478 e. The number of benzene rings is 1. The smallest absolute Gasteiger partial charge is 0.419 e. The van der Waals surface area contributed by atoms with Crippen LogP contribution < -0.4 is 5.56 Å². The summed E-state index contributed by atoms with van der Waals surface area (Å²) in [5, 5.41) is 10.6. The highest BCUT2D eigenvalue weighted by atomic mass is 28.3. The van der Waals surface area contributed by atoms with Crippen molar-refractivity contribution in [2.45, 2.75) is 91.7 Å². The number of aromatic carboxylic acids is 1. The van der Waals surface area contributed by atoms with Crippen LogP contribution in [0.1, 0.15) is 57.5 Å². The number of amides is 1.